The van der Waals surface area contributed by atoms with E-state index in [4.69, 9.17) is 12.5 Å². The van der Waals surface area contributed by atoms with Crippen molar-refractivity contribution < 1.29 is 43.7 Å². The first-order valence-corrected chi connectivity index (χ1v) is 9.54. The van der Waals surface area contributed by atoms with Crippen LogP contribution >= 0.6 is 0 Å². The predicted molar refractivity (Wildman–Crippen MR) is 89.4 cm³/mol. The molecular weight excluding hydrogens is 435 g/mol. The van der Waals surface area contributed by atoms with Crippen molar-refractivity contribution in [3.05, 3.63) is 59.7 Å². The number of hydrogen-bond acceptors (Lipinski definition) is 5. The molecule has 25 heavy (non-hydrogen) atoms. The van der Waals surface area contributed by atoms with E-state index in [-0.39, 0.29) is 9.76 Å². The monoisotopic (exact) mass is 455 g/mol. The van der Waals surface area contributed by atoms with Crippen LogP contribution in [0.15, 0.2) is 48.5 Å². The van der Waals surface area contributed by atoms with Gasteiger partial charge in [0.05, 0.1) is 0 Å². The second-order valence-electron chi connectivity index (χ2n) is 5.78. The number of carbonyl (C=O) groups excluding carboxylic acids is 2. The molecule has 0 radical (unpaired) electrons. The van der Waals surface area contributed by atoms with Gasteiger partial charge in [-0.3, -0.25) is 0 Å². The number of carbonyl (C=O) groups is 2. The molecule has 0 bridgehead atoms. The fraction of sp³-hybridized carbons (Fsp3) is 0.263. The van der Waals surface area contributed by atoms with E-state index in [1.807, 2.05) is 18.2 Å². The van der Waals surface area contributed by atoms with E-state index in [1.54, 1.807) is 44.2 Å². The Morgan fingerprint density at radius 2 is 1.64 bits per heavy atom. The van der Waals surface area contributed by atoms with Crippen molar-refractivity contribution >= 4 is 9.76 Å². The van der Waals surface area contributed by atoms with Crippen molar-refractivity contribution in [2.75, 3.05) is 14.2 Å². The molecule has 0 N–H and O–H groups in total. The summed E-state index contributed by atoms with van der Waals surface area (Å²) in [5.74, 6) is 0.623. The zero-order valence-corrected chi connectivity index (χ0v) is 16.7. The van der Waals surface area contributed by atoms with Crippen molar-refractivity contribution in [3.8, 4) is 11.5 Å². The van der Waals surface area contributed by atoms with Crippen molar-refractivity contribution in [3.63, 3.8) is 0 Å². The van der Waals surface area contributed by atoms with Crippen LogP contribution in [0.25, 0.3) is 0 Å². The summed E-state index contributed by atoms with van der Waals surface area (Å²) in [6.45, 7) is 3.54. The molecular formula is C19H20IO5-. The van der Waals surface area contributed by atoms with Gasteiger partial charge in [-0.15, -0.1) is 0 Å². The van der Waals surface area contributed by atoms with Crippen molar-refractivity contribution in [1.29, 1.82) is 0 Å². The summed E-state index contributed by atoms with van der Waals surface area (Å²) < 4.78 is 15.9. The molecule has 2 rings (SSSR count). The molecule has 0 saturated heterocycles. The molecule has 6 heteroatoms. The van der Waals surface area contributed by atoms with Crippen molar-refractivity contribution in [1.82, 2.24) is 0 Å². The Kier molecular flexibility index (Phi) is 6.41. The van der Waals surface area contributed by atoms with E-state index < -0.39 is 27.0 Å². The molecule has 0 fully saturated rings. The third-order valence-corrected chi connectivity index (χ3v) is 5.49. The Hall–Kier alpha value is -2.09. The minimum absolute atomic E-state index is 0.0286. The van der Waals surface area contributed by atoms with E-state index in [9.17, 15) is 9.59 Å². The quantitative estimate of drug-likeness (QED) is 0.343. The summed E-state index contributed by atoms with van der Waals surface area (Å²) in [6.07, 6.45) is 0. The Bertz CT molecular complexity index is 756. The van der Waals surface area contributed by atoms with Crippen molar-refractivity contribution in [2.24, 2.45) is 0 Å². The number of ether oxygens (including phenoxy) is 2. The van der Waals surface area contributed by atoms with Crippen LogP contribution in [-0.4, -0.2) is 24.0 Å². The predicted octanol–water partition coefficient (Wildman–Crippen LogP) is 0.369. The van der Waals surface area contributed by atoms with E-state index in [1.165, 1.54) is 14.2 Å². The number of esters is 1. The fourth-order valence-corrected chi connectivity index (χ4v) is 3.58. The van der Waals surface area contributed by atoms with Gasteiger partial charge < -0.3 is 0 Å². The van der Waals surface area contributed by atoms with E-state index in [0.29, 0.717) is 17.1 Å². The molecule has 0 unspecified atom stereocenters. The molecule has 0 aromatic heterocycles. The van der Waals surface area contributed by atoms with Crippen LogP contribution in [-0.2, 0) is 14.9 Å². The average Bonchev–Trinajstić information content (AvgIpc) is 2.65. The molecule has 134 valence electrons. The molecule has 0 spiro atoms. The summed E-state index contributed by atoms with van der Waals surface area (Å²) in [5, 5.41) is 0. The van der Waals surface area contributed by atoms with Crippen molar-refractivity contribution in [2.45, 2.75) is 19.3 Å². The zero-order valence-electron chi connectivity index (χ0n) is 14.5. The zero-order chi connectivity index (χ0) is 18.4. The normalized spacial score (nSPS) is 11.0. The topological polar surface area (TPSA) is 61.8 Å². The molecule has 0 aliphatic heterocycles. The van der Waals surface area contributed by atoms with Gasteiger partial charge in [0.1, 0.15) is 0 Å². The fourth-order valence-electron chi connectivity index (χ4n) is 2.19. The van der Waals surface area contributed by atoms with E-state index in [0.717, 1.165) is 5.56 Å². The maximum atomic E-state index is 12.3. The van der Waals surface area contributed by atoms with Crippen LogP contribution in [0.1, 0.15) is 29.8 Å². The van der Waals surface area contributed by atoms with E-state index in [2.05, 4.69) is 0 Å². The number of methoxy groups -OCH3 is 2. The second kappa shape index (κ2) is 8.33. The second-order valence-corrected chi connectivity index (χ2v) is 7.64. The Balaban J connectivity index is 2.23. The average molecular weight is 455 g/mol. The van der Waals surface area contributed by atoms with Crippen LogP contribution < -0.4 is 29.4 Å². The Labute approximate surface area is 158 Å². The van der Waals surface area contributed by atoms with Crippen LogP contribution in [0.3, 0.4) is 0 Å². The molecule has 0 aliphatic rings. The van der Waals surface area contributed by atoms with Crippen LogP contribution in [0.2, 0.25) is 0 Å². The first-order valence-electron chi connectivity index (χ1n) is 7.58. The van der Waals surface area contributed by atoms with Crippen LogP contribution in [0, 0.1) is 0 Å². The third kappa shape index (κ3) is 4.50. The van der Waals surface area contributed by atoms with Gasteiger partial charge in [0, 0.05) is 0 Å². The Morgan fingerprint density at radius 3 is 2.24 bits per heavy atom. The number of hydrogen-bond donors (Lipinski definition) is 0. The van der Waals surface area contributed by atoms with Gasteiger partial charge in [0.15, 0.2) is 0 Å². The SMILES string of the molecule is COC(=O)C(C)(C)c1ccc(OC)c(O[I-]C(=O)c2ccccc2)c1. The molecule has 0 aliphatic carbocycles. The third-order valence-electron chi connectivity index (χ3n) is 3.77. The molecule has 5 nitrogen and oxygen atoms in total. The first kappa shape index (κ1) is 19.2. The Morgan fingerprint density at radius 1 is 0.960 bits per heavy atom. The van der Waals surface area contributed by atoms with Gasteiger partial charge in [-0.05, 0) is 0 Å². The van der Waals surface area contributed by atoms with Gasteiger partial charge in [-0.2, -0.15) is 0 Å². The van der Waals surface area contributed by atoms with Gasteiger partial charge in [-0.25, -0.2) is 0 Å². The molecule has 2 aromatic rings. The summed E-state index contributed by atoms with van der Waals surface area (Å²) >= 11 is -1.22. The summed E-state index contributed by atoms with van der Waals surface area (Å²) in [4.78, 5) is 24.3. The molecule has 0 atom stereocenters. The summed E-state index contributed by atoms with van der Waals surface area (Å²) in [5.41, 5.74) is 0.521. The maximum absolute atomic E-state index is 12.3. The number of halogens is 1. The number of rotatable bonds is 7. The molecule has 0 heterocycles. The van der Waals surface area contributed by atoms with Gasteiger partial charge in [-0.1, -0.05) is 0 Å². The van der Waals surface area contributed by atoms with Crippen LogP contribution in [0.4, 0.5) is 0 Å². The summed E-state index contributed by atoms with van der Waals surface area (Å²) in [7, 11) is 2.89. The summed E-state index contributed by atoms with van der Waals surface area (Å²) in [6, 6.07) is 14.3. The molecule has 2 aromatic carbocycles. The minimum atomic E-state index is -1.22. The standard InChI is InChI=1S/C19H20IO5/c1-19(2,18(22)24-4)14-10-11-15(23-3)16(12-14)25-20-17(21)13-8-6-5-7-9-13/h5-12H,1-4H3/q-1. The van der Waals surface area contributed by atoms with Gasteiger partial charge in [0.2, 0.25) is 0 Å². The molecule has 0 amide bonds. The molecule has 0 saturated carbocycles. The van der Waals surface area contributed by atoms with Gasteiger partial charge >= 0.3 is 158 Å². The van der Waals surface area contributed by atoms with E-state index >= 15 is 0 Å². The van der Waals surface area contributed by atoms with Crippen LogP contribution in [0.5, 0.6) is 11.5 Å². The number of benzene rings is 2. The first-order chi connectivity index (χ1) is 11.9. The van der Waals surface area contributed by atoms with Gasteiger partial charge in [0.25, 0.3) is 0 Å².